The van der Waals surface area contributed by atoms with Gasteiger partial charge in [0.2, 0.25) is 0 Å². The van der Waals surface area contributed by atoms with E-state index in [1.807, 2.05) is 13.0 Å². The SMILES string of the molecule is C=C/C=C(\C=C/C)C1(c2ccccc2)CCC(O)CC1. The average Bonchev–Trinajstić information content (AvgIpc) is 2.49. The Kier molecular flexibility index (Phi) is 4.97. The molecule has 1 saturated carbocycles. The number of benzene rings is 1. The summed E-state index contributed by atoms with van der Waals surface area (Å²) in [5.41, 5.74) is 2.66. The van der Waals surface area contributed by atoms with Crippen LogP contribution in [0.2, 0.25) is 0 Å². The van der Waals surface area contributed by atoms with Gasteiger partial charge in [0.05, 0.1) is 6.10 Å². The van der Waals surface area contributed by atoms with E-state index in [9.17, 15) is 5.11 Å². The van der Waals surface area contributed by atoms with Gasteiger partial charge in [-0.25, -0.2) is 0 Å². The highest BCUT2D eigenvalue weighted by molar-refractivity contribution is 5.43. The Bertz CT molecular complexity index is 488. The van der Waals surface area contributed by atoms with E-state index in [1.54, 1.807) is 0 Å². The fraction of sp³-hybridized carbons (Fsp3) is 0.368. The molecule has 0 heterocycles. The maximum absolute atomic E-state index is 9.87. The van der Waals surface area contributed by atoms with Gasteiger partial charge in [-0.1, -0.05) is 61.2 Å². The van der Waals surface area contributed by atoms with Gasteiger partial charge in [0.1, 0.15) is 0 Å². The Labute approximate surface area is 122 Å². The van der Waals surface area contributed by atoms with Gasteiger partial charge in [0.15, 0.2) is 0 Å². The highest BCUT2D eigenvalue weighted by atomic mass is 16.3. The monoisotopic (exact) mass is 268 g/mol. The summed E-state index contributed by atoms with van der Waals surface area (Å²) in [6.45, 7) is 5.91. The number of hydrogen-bond acceptors (Lipinski definition) is 1. The molecular formula is C19H24O. The van der Waals surface area contributed by atoms with Gasteiger partial charge >= 0.3 is 0 Å². The number of allylic oxidation sites excluding steroid dienone is 5. The molecule has 0 radical (unpaired) electrons. The molecule has 0 atom stereocenters. The standard InChI is InChI=1S/C19H24O/c1-3-8-16(9-4-2)19(14-12-18(20)13-15-19)17-10-6-5-7-11-17/h3-11,18,20H,1,12-15H2,2H3/b9-4-,16-8+. The molecule has 2 rings (SSSR count). The fourth-order valence-electron chi connectivity index (χ4n) is 3.28. The van der Waals surface area contributed by atoms with Crippen LogP contribution in [-0.2, 0) is 5.41 Å². The van der Waals surface area contributed by atoms with Crippen LogP contribution in [0, 0.1) is 0 Å². The molecule has 1 N–H and O–H groups in total. The summed E-state index contributed by atoms with van der Waals surface area (Å²) in [4.78, 5) is 0. The molecule has 0 aliphatic heterocycles. The van der Waals surface area contributed by atoms with Crippen molar-refractivity contribution in [3.8, 4) is 0 Å². The van der Waals surface area contributed by atoms with E-state index in [2.05, 4.69) is 55.1 Å². The maximum Gasteiger partial charge on any atom is 0.0541 e. The zero-order chi connectivity index (χ0) is 14.4. The minimum absolute atomic E-state index is 0.0151. The number of aliphatic hydroxyl groups excluding tert-OH is 1. The quantitative estimate of drug-likeness (QED) is 0.794. The van der Waals surface area contributed by atoms with Crippen LogP contribution in [0.5, 0.6) is 0 Å². The summed E-state index contributed by atoms with van der Waals surface area (Å²) < 4.78 is 0. The lowest BCUT2D eigenvalue weighted by Crippen LogP contribution is -2.35. The molecule has 1 aliphatic carbocycles. The fourth-order valence-corrected chi connectivity index (χ4v) is 3.28. The summed E-state index contributed by atoms with van der Waals surface area (Å²) in [7, 11) is 0. The first kappa shape index (κ1) is 14.8. The Balaban J connectivity index is 2.49. The molecule has 20 heavy (non-hydrogen) atoms. The zero-order valence-electron chi connectivity index (χ0n) is 12.3. The van der Waals surface area contributed by atoms with Crippen LogP contribution in [0.25, 0.3) is 0 Å². The number of hydrogen-bond donors (Lipinski definition) is 1. The average molecular weight is 268 g/mol. The molecule has 1 aromatic carbocycles. The highest BCUT2D eigenvalue weighted by Crippen LogP contribution is 2.45. The van der Waals surface area contributed by atoms with Crippen molar-refractivity contribution in [2.24, 2.45) is 0 Å². The lowest BCUT2D eigenvalue weighted by atomic mass is 9.64. The van der Waals surface area contributed by atoms with Crippen molar-refractivity contribution >= 4 is 0 Å². The van der Waals surface area contributed by atoms with Crippen molar-refractivity contribution in [1.82, 2.24) is 0 Å². The van der Waals surface area contributed by atoms with E-state index in [-0.39, 0.29) is 11.5 Å². The predicted octanol–water partition coefficient (Wildman–Crippen LogP) is 4.55. The first-order chi connectivity index (χ1) is 9.73. The van der Waals surface area contributed by atoms with Crippen LogP contribution in [0.3, 0.4) is 0 Å². The molecule has 1 aliphatic rings. The predicted molar refractivity (Wildman–Crippen MR) is 85.7 cm³/mol. The minimum Gasteiger partial charge on any atom is -0.393 e. The van der Waals surface area contributed by atoms with Crippen LogP contribution in [-0.4, -0.2) is 11.2 Å². The third-order valence-corrected chi connectivity index (χ3v) is 4.33. The van der Waals surface area contributed by atoms with Crippen LogP contribution in [0.1, 0.15) is 38.2 Å². The second-order valence-electron chi connectivity index (χ2n) is 5.54. The number of aliphatic hydroxyl groups is 1. The first-order valence-electron chi connectivity index (χ1n) is 7.42. The van der Waals surface area contributed by atoms with Crippen molar-refractivity contribution in [1.29, 1.82) is 0 Å². The zero-order valence-corrected chi connectivity index (χ0v) is 12.3. The van der Waals surface area contributed by atoms with Crippen LogP contribution >= 0.6 is 0 Å². The lowest BCUT2D eigenvalue weighted by Gasteiger charge is -2.41. The second-order valence-corrected chi connectivity index (χ2v) is 5.54. The van der Waals surface area contributed by atoms with E-state index in [1.165, 1.54) is 11.1 Å². The summed E-state index contributed by atoms with van der Waals surface area (Å²) in [6, 6.07) is 10.7. The Hall–Kier alpha value is -1.60. The lowest BCUT2D eigenvalue weighted by molar-refractivity contribution is 0.106. The van der Waals surface area contributed by atoms with Gasteiger partial charge in [-0.3, -0.25) is 0 Å². The second kappa shape index (κ2) is 6.71. The molecule has 1 heteroatoms. The van der Waals surface area contributed by atoms with Crippen molar-refractivity contribution in [2.75, 3.05) is 0 Å². The summed E-state index contributed by atoms with van der Waals surface area (Å²) in [5.74, 6) is 0. The molecule has 0 spiro atoms. The molecule has 1 fully saturated rings. The smallest absolute Gasteiger partial charge is 0.0541 e. The van der Waals surface area contributed by atoms with Gasteiger partial charge in [-0.05, 0) is 43.7 Å². The molecular weight excluding hydrogens is 244 g/mol. The van der Waals surface area contributed by atoms with Crippen molar-refractivity contribution in [2.45, 2.75) is 44.1 Å². The van der Waals surface area contributed by atoms with Crippen molar-refractivity contribution < 1.29 is 5.11 Å². The molecule has 106 valence electrons. The van der Waals surface area contributed by atoms with Gasteiger partial charge in [0.25, 0.3) is 0 Å². The Morgan fingerprint density at radius 1 is 1.25 bits per heavy atom. The third-order valence-electron chi connectivity index (χ3n) is 4.33. The largest absolute Gasteiger partial charge is 0.393 e. The van der Waals surface area contributed by atoms with Crippen LogP contribution in [0.15, 0.2) is 66.8 Å². The Morgan fingerprint density at radius 2 is 1.90 bits per heavy atom. The van der Waals surface area contributed by atoms with E-state index in [0.717, 1.165) is 25.7 Å². The minimum atomic E-state index is -0.151. The normalized spacial score (nSPS) is 27.7. The van der Waals surface area contributed by atoms with Gasteiger partial charge in [0, 0.05) is 5.41 Å². The van der Waals surface area contributed by atoms with Gasteiger partial charge < -0.3 is 5.11 Å². The highest BCUT2D eigenvalue weighted by Gasteiger charge is 2.38. The molecule has 0 aromatic heterocycles. The van der Waals surface area contributed by atoms with E-state index in [4.69, 9.17) is 0 Å². The van der Waals surface area contributed by atoms with Crippen LogP contribution < -0.4 is 0 Å². The van der Waals surface area contributed by atoms with Gasteiger partial charge in [-0.15, -0.1) is 0 Å². The van der Waals surface area contributed by atoms with Gasteiger partial charge in [-0.2, -0.15) is 0 Å². The molecule has 0 unspecified atom stereocenters. The molecule has 1 nitrogen and oxygen atoms in total. The summed E-state index contributed by atoms with van der Waals surface area (Å²) >= 11 is 0. The van der Waals surface area contributed by atoms with Crippen molar-refractivity contribution in [3.05, 3.63) is 72.4 Å². The number of rotatable bonds is 4. The van der Waals surface area contributed by atoms with Crippen molar-refractivity contribution in [3.63, 3.8) is 0 Å². The van der Waals surface area contributed by atoms with E-state index < -0.39 is 0 Å². The third kappa shape index (κ3) is 2.94. The molecule has 1 aromatic rings. The first-order valence-corrected chi connectivity index (χ1v) is 7.42. The van der Waals surface area contributed by atoms with E-state index >= 15 is 0 Å². The molecule has 0 amide bonds. The summed E-state index contributed by atoms with van der Waals surface area (Å²) in [5, 5.41) is 9.87. The maximum atomic E-state index is 9.87. The van der Waals surface area contributed by atoms with Crippen LogP contribution in [0.4, 0.5) is 0 Å². The van der Waals surface area contributed by atoms with E-state index in [0.29, 0.717) is 0 Å². The Morgan fingerprint density at radius 3 is 2.45 bits per heavy atom. The topological polar surface area (TPSA) is 20.2 Å². The summed E-state index contributed by atoms with van der Waals surface area (Å²) in [6.07, 6.45) is 11.8. The molecule has 0 bridgehead atoms. The molecule has 0 saturated heterocycles.